The average Bonchev–Trinajstić information content (AvgIpc) is 3.64. The topological polar surface area (TPSA) is 57.7 Å². The van der Waals surface area contributed by atoms with Crippen LogP contribution < -0.4 is 4.31 Å². The molecule has 166 valence electrons. The van der Waals surface area contributed by atoms with Crippen LogP contribution in [0.2, 0.25) is 5.02 Å². The van der Waals surface area contributed by atoms with E-state index in [9.17, 15) is 17.6 Å². The van der Waals surface area contributed by atoms with E-state index in [2.05, 4.69) is 0 Å². The molecule has 1 aliphatic carbocycles. The molecule has 5 nitrogen and oxygen atoms in total. The van der Waals surface area contributed by atoms with Crippen molar-refractivity contribution in [3.8, 4) is 0 Å². The maximum absolute atomic E-state index is 14.3. The van der Waals surface area contributed by atoms with Crippen LogP contribution >= 0.6 is 11.6 Å². The summed E-state index contributed by atoms with van der Waals surface area (Å²) in [5, 5.41) is 0.254. The highest BCUT2D eigenvalue weighted by atomic mass is 35.5. The molecule has 3 aromatic carbocycles. The van der Waals surface area contributed by atoms with Gasteiger partial charge in [-0.2, -0.15) is 0 Å². The number of carbonyl (C=O) groups excluding carboxylic acids is 1. The molecule has 0 aromatic heterocycles. The molecule has 0 aliphatic heterocycles. The first-order valence-electron chi connectivity index (χ1n) is 10.2. The zero-order valence-electron chi connectivity index (χ0n) is 17.4. The summed E-state index contributed by atoms with van der Waals surface area (Å²) >= 11 is 6.16. The summed E-state index contributed by atoms with van der Waals surface area (Å²) in [5.74, 6) is -0.831. The fraction of sp³-hybridized carbons (Fsp3) is 0.208. The molecule has 0 atom stereocenters. The summed E-state index contributed by atoms with van der Waals surface area (Å²) < 4.78 is 41.8. The van der Waals surface area contributed by atoms with Crippen LogP contribution in [0.4, 0.5) is 10.1 Å². The van der Waals surface area contributed by atoms with Crippen molar-refractivity contribution >= 4 is 33.2 Å². The van der Waals surface area contributed by atoms with E-state index in [4.69, 9.17) is 11.6 Å². The fourth-order valence-electron chi connectivity index (χ4n) is 3.50. The lowest BCUT2D eigenvalue weighted by atomic mass is 10.1. The van der Waals surface area contributed by atoms with Gasteiger partial charge in [-0.25, -0.2) is 12.8 Å². The maximum atomic E-state index is 14.3. The van der Waals surface area contributed by atoms with Gasteiger partial charge >= 0.3 is 0 Å². The number of hydrogen-bond acceptors (Lipinski definition) is 3. The van der Waals surface area contributed by atoms with E-state index in [1.165, 1.54) is 35.6 Å². The predicted octanol–water partition coefficient (Wildman–Crippen LogP) is 5.11. The summed E-state index contributed by atoms with van der Waals surface area (Å²) in [5.41, 5.74) is 0.993. The molecule has 0 heterocycles. The number of anilines is 1. The number of nitrogens with zero attached hydrogens (tertiary/aromatic N) is 2. The van der Waals surface area contributed by atoms with E-state index < -0.39 is 15.8 Å². The van der Waals surface area contributed by atoms with Crippen molar-refractivity contribution < 1.29 is 17.6 Å². The Morgan fingerprint density at radius 1 is 1.03 bits per heavy atom. The molecule has 4 rings (SSSR count). The van der Waals surface area contributed by atoms with Gasteiger partial charge in [0.15, 0.2) is 0 Å². The molecule has 0 saturated heterocycles. The van der Waals surface area contributed by atoms with Gasteiger partial charge in [-0.05, 0) is 55.3 Å². The Hall–Kier alpha value is -2.90. The zero-order chi connectivity index (χ0) is 22.9. The zero-order valence-corrected chi connectivity index (χ0v) is 19.0. The van der Waals surface area contributed by atoms with Gasteiger partial charge in [0, 0.05) is 29.2 Å². The predicted molar refractivity (Wildman–Crippen MR) is 123 cm³/mol. The van der Waals surface area contributed by atoms with E-state index in [0.717, 1.165) is 12.8 Å². The average molecular weight is 473 g/mol. The Morgan fingerprint density at radius 2 is 1.72 bits per heavy atom. The molecule has 0 bridgehead atoms. The Kier molecular flexibility index (Phi) is 6.22. The van der Waals surface area contributed by atoms with Crippen molar-refractivity contribution in [1.29, 1.82) is 0 Å². The molecular weight excluding hydrogens is 451 g/mol. The van der Waals surface area contributed by atoms with Crippen molar-refractivity contribution in [3.05, 3.63) is 94.8 Å². The van der Waals surface area contributed by atoms with E-state index in [1.807, 2.05) is 0 Å². The summed E-state index contributed by atoms with van der Waals surface area (Å²) in [4.78, 5) is 14.9. The van der Waals surface area contributed by atoms with Crippen LogP contribution in [0.25, 0.3) is 0 Å². The monoisotopic (exact) mass is 472 g/mol. The molecule has 0 radical (unpaired) electrons. The number of carbonyl (C=O) groups is 1. The van der Waals surface area contributed by atoms with Gasteiger partial charge in [-0.3, -0.25) is 9.10 Å². The van der Waals surface area contributed by atoms with Crippen LogP contribution in [0.5, 0.6) is 0 Å². The van der Waals surface area contributed by atoms with Gasteiger partial charge in [0.05, 0.1) is 17.1 Å². The summed E-state index contributed by atoms with van der Waals surface area (Å²) in [6.45, 7) is 0.0237. The Bertz CT molecular complexity index is 1230. The molecule has 0 spiro atoms. The smallest absolute Gasteiger partial charge is 0.264 e. The standard InChI is InChI=1S/C24H22ClFN2O3S/c1-27(18-8-3-2-4-9-18)32(30,31)20-10-5-7-17(15-20)24(29)28(19-13-14-19)16-21-22(25)11-6-12-23(21)26/h2-12,15,19H,13-14,16H2,1H3. The van der Waals surface area contributed by atoms with Crippen LogP contribution in [-0.4, -0.2) is 32.3 Å². The van der Waals surface area contributed by atoms with E-state index >= 15 is 0 Å². The highest BCUT2D eigenvalue weighted by molar-refractivity contribution is 7.92. The van der Waals surface area contributed by atoms with Crippen LogP contribution in [-0.2, 0) is 16.6 Å². The highest BCUT2D eigenvalue weighted by Gasteiger charge is 2.34. The number of amides is 1. The van der Waals surface area contributed by atoms with Gasteiger partial charge in [-0.15, -0.1) is 0 Å². The van der Waals surface area contributed by atoms with Crippen molar-refractivity contribution in [1.82, 2.24) is 4.90 Å². The third-order valence-electron chi connectivity index (χ3n) is 5.50. The molecule has 3 aromatic rings. The normalized spacial score (nSPS) is 13.6. The number of para-hydroxylation sites is 1. The van der Waals surface area contributed by atoms with Gasteiger partial charge < -0.3 is 4.90 Å². The summed E-state index contributed by atoms with van der Waals surface area (Å²) in [7, 11) is -2.40. The van der Waals surface area contributed by atoms with E-state index in [0.29, 0.717) is 5.69 Å². The molecule has 1 aliphatic rings. The third kappa shape index (κ3) is 4.49. The van der Waals surface area contributed by atoms with Crippen molar-refractivity contribution in [3.63, 3.8) is 0 Å². The van der Waals surface area contributed by atoms with Gasteiger partial charge in [-0.1, -0.05) is 41.9 Å². The number of benzene rings is 3. The molecule has 0 unspecified atom stereocenters. The van der Waals surface area contributed by atoms with Gasteiger partial charge in [0.25, 0.3) is 15.9 Å². The van der Waals surface area contributed by atoms with Gasteiger partial charge in [0.1, 0.15) is 5.82 Å². The Balaban J connectivity index is 1.64. The molecular formula is C24H22ClFN2O3S. The molecule has 1 amide bonds. The van der Waals surface area contributed by atoms with Crippen molar-refractivity contribution in [2.45, 2.75) is 30.3 Å². The van der Waals surface area contributed by atoms with Crippen LogP contribution in [0.15, 0.2) is 77.7 Å². The second-order valence-corrected chi connectivity index (χ2v) is 10.1. The second kappa shape index (κ2) is 8.92. The first kappa shape index (κ1) is 22.3. The molecule has 0 N–H and O–H groups in total. The first-order chi connectivity index (χ1) is 15.3. The quantitative estimate of drug-likeness (QED) is 0.480. The van der Waals surface area contributed by atoms with Crippen LogP contribution in [0.3, 0.4) is 0 Å². The SMILES string of the molecule is CN(c1ccccc1)S(=O)(=O)c1cccc(C(=O)N(Cc2c(F)cccc2Cl)C2CC2)c1. The third-order valence-corrected chi connectivity index (χ3v) is 7.63. The van der Waals surface area contributed by atoms with E-state index in [1.54, 1.807) is 53.4 Å². The fourth-order valence-corrected chi connectivity index (χ4v) is 4.96. The van der Waals surface area contributed by atoms with Crippen molar-refractivity contribution in [2.24, 2.45) is 0 Å². The molecule has 1 saturated carbocycles. The van der Waals surface area contributed by atoms with Crippen LogP contribution in [0.1, 0.15) is 28.8 Å². The van der Waals surface area contributed by atoms with E-state index in [-0.39, 0.29) is 39.5 Å². The second-order valence-electron chi connectivity index (χ2n) is 7.70. The molecule has 8 heteroatoms. The molecule has 1 fully saturated rings. The lowest BCUT2D eigenvalue weighted by Gasteiger charge is -2.24. The lowest BCUT2D eigenvalue weighted by Crippen LogP contribution is -2.33. The number of halogens is 2. The largest absolute Gasteiger partial charge is 0.331 e. The summed E-state index contributed by atoms with van der Waals surface area (Å²) in [6, 6.07) is 19.0. The van der Waals surface area contributed by atoms with Crippen molar-refractivity contribution in [2.75, 3.05) is 11.4 Å². The number of hydrogen-bond donors (Lipinski definition) is 0. The minimum Gasteiger partial charge on any atom is -0.331 e. The summed E-state index contributed by atoms with van der Waals surface area (Å²) in [6.07, 6.45) is 1.62. The molecule has 32 heavy (non-hydrogen) atoms. The minimum absolute atomic E-state index is 0.00868. The number of sulfonamides is 1. The maximum Gasteiger partial charge on any atom is 0.264 e. The first-order valence-corrected chi connectivity index (χ1v) is 12.0. The lowest BCUT2D eigenvalue weighted by molar-refractivity contribution is 0.0728. The Labute approximate surface area is 192 Å². The van der Waals surface area contributed by atoms with Crippen LogP contribution in [0, 0.1) is 5.82 Å². The Morgan fingerprint density at radius 3 is 2.38 bits per heavy atom. The number of rotatable bonds is 7. The minimum atomic E-state index is -3.87. The van der Waals surface area contributed by atoms with Gasteiger partial charge in [0.2, 0.25) is 0 Å². The highest BCUT2D eigenvalue weighted by Crippen LogP contribution is 2.32.